The van der Waals surface area contributed by atoms with Gasteiger partial charge < -0.3 is 4.90 Å². The van der Waals surface area contributed by atoms with E-state index < -0.39 is 15.8 Å². The van der Waals surface area contributed by atoms with E-state index in [4.69, 9.17) is 0 Å². The Hall–Kier alpha value is -3.08. The molecule has 0 aromatic heterocycles. The van der Waals surface area contributed by atoms with Crippen molar-refractivity contribution < 1.29 is 0 Å². The van der Waals surface area contributed by atoms with E-state index in [1.807, 2.05) is 0 Å². The Morgan fingerprint density at radius 3 is 1.46 bits per heavy atom. The molecule has 41 heavy (non-hydrogen) atoms. The lowest BCUT2D eigenvalue weighted by molar-refractivity contribution is 0.218. The van der Waals surface area contributed by atoms with E-state index >= 15 is 0 Å². The van der Waals surface area contributed by atoms with Gasteiger partial charge in [-0.05, 0) is 86.4 Å². The molecule has 1 fully saturated rings. The zero-order valence-electron chi connectivity index (χ0n) is 24.1. The smallest absolute Gasteiger partial charge is 0.0383 e. The highest BCUT2D eigenvalue weighted by molar-refractivity contribution is 7.80. The highest BCUT2D eigenvalue weighted by Crippen LogP contribution is 2.54. The third-order valence-electron chi connectivity index (χ3n) is 8.42. The molecule has 1 nitrogen and oxygen atoms in total. The lowest BCUT2D eigenvalue weighted by Gasteiger charge is -2.39. The molecule has 5 aromatic rings. The summed E-state index contributed by atoms with van der Waals surface area (Å²) in [6.07, 6.45) is 3.86. The largest absolute Gasteiger partial charge is 0.302 e. The van der Waals surface area contributed by atoms with Crippen molar-refractivity contribution in [1.82, 2.24) is 4.90 Å². The molecule has 0 heterocycles. The second-order valence-electron chi connectivity index (χ2n) is 11.2. The molecular formula is C38H39NP2. The minimum Gasteiger partial charge on any atom is -0.302 e. The number of benzene rings is 5. The fourth-order valence-electron chi connectivity index (χ4n) is 6.78. The van der Waals surface area contributed by atoms with Crippen LogP contribution in [0.2, 0.25) is 0 Å². The molecule has 0 N–H and O–H groups in total. The summed E-state index contributed by atoms with van der Waals surface area (Å²) in [6, 6.07) is 54.8. The maximum Gasteiger partial charge on any atom is 0.0383 e. The van der Waals surface area contributed by atoms with E-state index in [-0.39, 0.29) is 0 Å². The van der Waals surface area contributed by atoms with Crippen molar-refractivity contribution in [2.24, 2.45) is 5.92 Å². The first-order chi connectivity index (χ1) is 20.2. The molecule has 2 unspecified atom stereocenters. The van der Waals surface area contributed by atoms with Crippen LogP contribution in [0.5, 0.6) is 0 Å². The van der Waals surface area contributed by atoms with E-state index in [0.29, 0.717) is 17.6 Å². The van der Waals surface area contributed by atoms with Crippen LogP contribution in [-0.4, -0.2) is 24.7 Å². The van der Waals surface area contributed by atoms with E-state index in [1.54, 1.807) is 0 Å². The lowest BCUT2D eigenvalue weighted by atomic mass is 9.90. The predicted molar refractivity (Wildman–Crippen MR) is 182 cm³/mol. The summed E-state index contributed by atoms with van der Waals surface area (Å²) in [4.78, 5) is 2.52. The first kappa shape index (κ1) is 28.1. The quantitative estimate of drug-likeness (QED) is 0.167. The summed E-state index contributed by atoms with van der Waals surface area (Å²) in [5, 5.41) is 7.34. The molecular weight excluding hydrogens is 532 g/mol. The van der Waals surface area contributed by atoms with Gasteiger partial charge in [-0.2, -0.15) is 0 Å². The number of nitrogens with zero attached hydrogens (tertiary/aromatic N) is 1. The zero-order chi connectivity index (χ0) is 28.0. The Morgan fingerprint density at radius 1 is 0.537 bits per heavy atom. The molecule has 1 saturated carbocycles. The lowest BCUT2D eigenvalue weighted by Crippen LogP contribution is -2.37. The fraction of sp³-hybridized carbons (Fsp3) is 0.211. The Morgan fingerprint density at radius 2 is 0.976 bits per heavy atom. The molecule has 0 spiro atoms. The van der Waals surface area contributed by atoms with Crippen LogP contribution in [-0.2, 0) is 0 Å². The van der Waals surface area contributed by atoms with Gasteiger partial charge in [-0.3, -0.25) is 0 Å². The first-order valence-electron chi connectivity index (χ1n) is 14.8. The zero-order valence-corrected chi connectivity index (χ0v) is 25.8. The standard InChI is InChI=1S/C38H39NP2/c1-39(2)38(35-27-17-29-37(35)41(32-22-11-5-12-23-32)33-24-13-6-14-25-33)34-26-15-16-28-36(34)40(30-18-7-3-8-19-30)31-20-9-4-10-21-31/h3-16,18-26,28,35,37-38H,17,27,29H2,1-2H3/t35?,37?,38-/m0/s1. The molecule has 3 heteroatoms. The summed E-state index contributed by atoms with van der Waals surface area (Å²) in [6.45, 7) is 0. The molecule has 0 saturated heterocycles. The van der Waals surface area contributed by atoms with E-state index in [2.05, 4.69) is 165 Å². The Bertz CT molecular complexity index is 1430. The molecule has 1 aliphatic carbocycles. The summed E-state index contributed by atoms with van der Waals surface area (Å²) < 4.78 is 0. The van der Waals surface area contributed by atoms with Crippen molar-refractivity contribution in [3.63, 3.8) is 0 Å². The second-order valence-corrected chi connectivity index (χ2v) is 15.8. The van der Waals surface area contributed by atoms with Crippen LogP contribution < -0.4 is 26.5 Å². The van der Waals surface area contributed by atoms with Gasteiger partial charge in [0, 0.05) is 6.04 Å². The van der Waals surface area contributed by atoms with Crippen molar-refractivity contribution in [3.05, 3.63) is 151 Å². The molecule has 6 rings (SSSR count). The van der Waals surface area contributed by atoms with Crippen LogP contribution in [0.1, 0.15) is 30.9 Å². The SMILES string of the molecule is CN(C)[C@@H](c1ccccc1P(c1ccccc1)c1ccccc1)C1CCCC1P(c1ccccc1)c1ccccc1. The van der Waals surface area contributed by atoms with E-state index in [9.17, 15) is 0 Å². The number of hydrogen-bond acceptors (Lipinski definition) is 1. The molecule has 206 valence electrons. The van der Waals surface area contributed by atoms with Gasteiger partial charge in [0.25, 0.3) is 0 Å². The van der Waals surface area contributed by atoms with Crippen LogP contribution in [0.4, 0.5) is 0 Å². The molecule has 0 radical (unpaired) electrons. The summed E-state index contributed by atoms with van der Waals surface area (Å²) in [5.74, 6) is 0.584. The van der Waals surface area contributed by atoms with Gasteiger partial charge in [0.2, 0.25) is 0 Å². The first-order valence-corrected chi connectivity index (χ1v) is 17.5. The van der Waals surface area contributed by atoms with Crippen LogP contribution in [0.15, 0.2) is 146 Å². The number of rotatable bonds is 9. The highest BCUT2D eigenvalue weighted by atomic mass is 31.1. The van der Waals surface area contributed by atoms with Gasteiger partial charge in [0.1, 0.15) is 0 Å². The Balaban J connectivity index is 1.47. The van der Waals surface area contributed by atoms with Gasteiger partial charge in [-0.15, -0.1) is 0 Å². The monoisotopic (exact) mass is 571 g/mol. The van der Waals surface area contributed by atoms with E-state index in [0.717, 1.165) is 0 Å². The van der Waals surface area contributed by atoms with Crippen molar-refractivity contribution in [3.8, 4) is 0 Å². The summed E-state index contributed by atoms with van der Waals surface area (Å²) in [7, 11) is 3.46. The van der Waals surface area contributed by atoms with Crippen molar-refractivity contribution in [2.75, 3.05) is 14.1 Å². The summed E-state index contributed by atoms with van der Waals surface area (Å²) >= 11 is 0. The van der Waals surface area contributed by atoms with Crippen molar-refractivity contribution in [2.45, 2.75) is 31.0 Å². The third kappa shape index (κ3) is 6.10. The molecule has 1 aliphatic rings. The average Bonchev–Trinajstić information content (AvgIpc) is 3.49. The van der Waals surface area contributed by atoms with Crippen LogP contribution >= 0.6 is 15.8 Å². The normalized spacial score (nSPS) is 17.8. The molecule has 0 amide bonds. The molecule has 0 aliphatic heterocycles. The molecule has 3 atom stereocenters. The maximum atomic E-state index is 2.52. The van der Waals surface area contributed by atoms with E-state index in [1.165, 1.54) is 51.3 Å². The Kier molecular flexibility index (Phi) is 9.08. The average molecular weight is 572 g/mol. The maximum absolute atomic E-state index is 2.52. The topological polar surface area (TPSA) is 3.24 Å². The van der Waals surface area contributed by atoms with Gasteiger partial charge in [-0.1, -0.05) is 152 Å². The van der Waals surface area contributed by atoms with Crippen LogP contribution in [0, 0.1) is 5.92 Å². The second kappa shape index (κ2) is 13.3. The fourth-order valence-corrected chi connectivity index (χ4v) is 12.5. The third-order valence-corrected chi connectivity index (χ3v) is 14.0. The minimum atomic E-state index is -0.677. The van der Waals surface area contributed by atoms with Crippen LogP contribution in [0.3, 0.4) is 0 Å². The molecule has 0 bridgehead atoms. The van der Waals surface area contributed by atoms with Gasteiger partial charge in [0.15, 0.2) is 0 Å². The number of hydrogen-bond donors (Lipinski definition) is 0. The van der Waals surface area contributed by atoms with Gasteiger partial charge >= 0.3 is 0 Å². The minimum absolute atomic E-state index is 0.355. The van der Waals surface area contributed by atoms with Crippen molar-refractivity contribution in [1.29, 1.82) is 0 Å². The summed E-state index contributed by atoms with van der Waals surface area (Å²) in [5.41, 5.74) is 2.14. The van der Waals surface area contributed by atoms with Crippen molar-refractivity contribution >= 4 is 42.4 Å². The Labute approximate surface area is 248 Å². The molecule has 5 aromatic carbocycles. The highest BCUT2D eigenvalue weighted by Gasteiger charge is 2.42. The van der Waals surface area contributed by atoms with Gasteiger partial charge in [0.05, 0.1) is 0 Å². The van der Waals surface area contributed by atoms with Gasteiger partial charge in [-0.25, -0.2) is 0 Å². The van der Waals surface area contributed by atoms with Crippen LogP contribution in [0.25, 0.3) is 0 Å². The predicted octanol–water partition coefficient (Wildman–Crippen LogP) is 7.35.